The Bertz CT molecular complexity index is 854. The molecular weight excluding hydrogens is 274 g/mol. The number of hydrogen-bond acceptors (Lipinski definition) is 1. The van der Waals surface area contributed by atoms with E-state index in [1.54, 1.807) is 6.20 Å². The van der Waals surface area contributed by atoms with Gasteiger partial charge in [0.2, 0.25) is 0 Å². The molecule has 1 N–H and O–H groups in total. The molecule has 112 valence electrons. The third-order valence-corrected chi connectivity index (χ3v) is 4.01. The van der Waals surface area contributed by atoms with E-state index in [9.17, 15) is 9.90 Å². The van der Waals surface area contributed by atoms with Gasteiger partial charge in [-0.05, 0) is 44.0 Å². The van der Waals surface area contributed by atoms with Crippen molar-refractivity contribution in [2.45, 2.75) is 27.3 Å². The molecule has 0 bridgehead atoms. The second kappa shape index (κ2) is 5.34. The van der Waals surface area contributed by atoms with E-state index in [-0.39, 0.29) is 0 Å². The predicted octanol–water partition coefficient (Wildman–Crippen LogP) is 4.64. The molecule has 0 spiro atoms. The number of aromatic nitrogens is 1. The number of rotatable bonds is 3. The molecule has 0 radical (unpaired) electrons. The second-order valence-electron chi connectivity index (χ2n) is 5.74. The highest BCUT2D eigenvalue weighted by Crippen LogP contribution is 2.29. The molecule has 0 saturated carbocycles. The van der Waals surface area contributed by atoms with E-state index < -0.39 is 5.97 Å². The van der Waals surface area contributed by atoms with Gasteiger partial charge in [0.25, 0.3) is 0 Å². The minimum Gasteiger partial charge on any atom is -0.478 e. The number of nitrogens with zero attached hydrogens (tertiary/aromatic N) is 1. The van der Waals surface area contributed by atoms with E-state index in [1.807, 2.05) is 23.6 Å². The molecule has 3 aromatic rings. The lowest BCUT2D eigenvalue weighted by Crippen LogP contribution is -1.94. The Labute approximate surface area is 129 Å². The third kappa shape index (κ3) is 2.39. The van der Waals surface area contributed by atoms with Crippen LogP contribution >= 0.6 is 0 Å². The van der Waals surface area contributed by atoms with Crippen molar-refractivity contribution in [2.24, 2.45) is 0 Å². The summed E-state index contributed by atoms with van der Waals surface area (Å²) in [7, 11) is 0. The van der Waals surface area contributed by atoms with Gasteiger partial charge in [0.1, 0.15) is 0 Å². The Morgan fingerprint density at radius 3 is 2.32 bits per heavy atom. The summed E-state index contributed by atoms with van der Waals surface area (Å²) in [4.78, 5) is 11.5. The van der Waals surface area contributed by atoms with Gasteiger partial charge < -0.3 is 9.67 Å². The van der Waals surface area contributed by atoms with Gasteiger partial charge in [0.05, 0.1) is 5.56 Å². The van der Waals surface area contributed by atoms with Crippen molar-refractivity contribution in [2.75, 3.05) is 0 Å². The first-order valence-corrected chi connectivity index (χ1v) is 7.44. The third-order valence-electron chi connectivity index (χ3n) is 4.01. The van der Waals surface area contributed by atoms with Gasteiger partial charge in [-0.1, -0.05) is 35.4 Å². The van der Waals surface area contributed by atoms with Crippen LogP contribution in [0.15, 0.2) is 42.6 Å². The second-order valence-corrected chi connectivity index (χ2v) is 5.74. The lowest BCUT2D eigenvalue weighted by atomic mass is 9.99. The van der Waals surface area contributed by atoms with Crippen molar-refractivity contribution in [3.8, 4) is 11.1 Å². The van der Waals surface area contributed by atoms with Crippen molar-refractivity contribution >= 4 is 16.9 Å². The first-order chi connectivity index (χ1) is 10.5. The predicted molar refractivity (Wildman–Crippen MR) is 89.5 cm³/mol. The summed E-state index contributed by atoms with van der Waals surface area (Å²) in [6, 6.07) is 12.5. The van der Waals surface area contributed by atoms with Crippen LogP contribution in [-0.2, 0) is 6.54 Å². The number of fused-ring (bicyclic) bond motifs is 1. The lowest BCUT2D eigenvalue weighted by molar-refractivity contribution is 0.0699. The Morgan fingerprint density at radius 2 is 1.73 bits per heavy atom. The number of carboxylic acids is 1. The number of benzene rings is 2. The Kier molecular flexibility index (Phi) is 3.49. The molecule has 3 heteroatoms. The molecule has 3 nitrogen and oxygen atoms in total. The van der Waals surface area contributed by atoms with Gasteiger partial charge in [-0.25, -0.2) is 4.79 Å². The van der Waals surface area contributed by atoms with Gasteiger partial charge in [-0.15, -0.1) is 0 Å². The molecule has 1 aromatic heterocycles. The summed E-state index contributed by atoms with van der Waals surface area (Å²) >= 11 is 0. The van der Waals surface area contributed by atoms with Crippen LogP contribution in [0.5, 0.6) is 0 Å². The zero-order chi connectivity index (χ0) is 15.9. The average molecular weight is 293 g/mol. The number of carboxylic acid groups (broad SMARTS) is 1. The molecule has 0 fully saturated rings. The van der Waals surface area contributed by atoms with Crippen molar-refractivity contribution in [3.63, 3.8) is 0 Å². The van der Waals surface area contributed by atoms with E-state index in [1.165, 1.54) is 11.1 Å². The molecule has 0 aliphatic carbocycles. The molecule has 1 heterocycles. The fourth-order valence-electron chi connectivity index (χ4n) is 3.05. The molecule has 2 aromatic carbocycles. The van der Waals surface area contributed by atoms with E-state index in [0.717, 1.165) is 28.6 Å². The Balaban J connectivity index is 2.24. The fourth-order valence-corrected chi connectivity index (χ4v) is 3.05. The first kappa shape index (κ1) is 14.4. The van der Waals surface area contributed by atoms with Gasteiger partial charge in [0, 0.05) is 23.6 Å². The highest BCUT2D eigenvalue weighted by atomic mass is 16.4. The highest BCUT2D eigenvalue weighted by Gasteiger charge is 2.14. The van der Waals surface area contributed by atoms with Crippen LogP contribution in [-0.4, -0.2) is 15.6 Å². The van der Waals surface area contributed by atoms with Crippen molar-refractivity contribution in [1.82, 2.24) is 4.57 Å². The highest BCUT2D eigenvalue weighted by molar-refractivity contribution is 6.04. The van der Waals surface area contributed by atoms with Crippen LogP contribution in [0.2, 0.25) is 0 Å². The first-order valence-electron chi connectivity index (χ1n) is 7.44. The van der Waals surface area contributed by atoms with Crippen LogP contribution in [0, 0.1) is 13.8 Å². The Hall–Kier alpha value is -2.55. The van der Waals surface area contributed by atoms with Gasteiger partial charge in [-0.2, -0.15) is 0 Å². The largest absolute Gasteiger partial charge is 0.478 e. The summed E-state index contributed by atoms with van der Waals surface area (Å²) in [6.07, 6.45) is 1.72. The van der Waals surface area contributed by atoms with Crippen LogP contribution in [0.4, 0.5) is 0 Å². The van der Waals surface area contributed by atoms with Gasteiger partial charge in [0.15, 0.2) is 0 Å². The van der Waals surface area contributed by atoms with Gasteiger partial charge in [-0.3, -0.25) is 0 Å². The van der Waals surface area contributed by atoms with Crippen molar-refractivity contribution in [1.29, 1.82) is 0 Å². The molecule has 3 rings (SSSR count). The van der Waals surface area contributed by atoms with Crippen LogP contribution < -0.4 is 0 Å². The summed E-state index contributed by atoms with van der Waals surface area (Å²) < 4.78 is 1.98. The molecule has 0 aliphatic heterocycles. The van der Waals surface area contributed by atoms with E-state index >= 15 is 0 Å². The number of hydrogen-bond donors (Lipinski definition) is 1. The summed E-state index contributed by atoms with van der Waals surface area (Å²) in [5.41, 5.74) is 5.92. The molecule has 0 amide bonds. The zero-order valence-electron chi connectivity index (χ0n) is 13.1. The molecule has 0 aliphatic rings. The lowest BCUT2D eigenvalue weighted by Gasteiger charge is -2.07. The maximum absolute atomic E-state index is 11.5. The normalized spacial score (nSPS) is 11.0. The van der Waals surface area contributed by atoms with Gasteiger partial charge >= 0.3 is 5.97 Å². The summed E-state index contributed by atoms with van der Waals surface area (Å²) in [5, 5.41) is 10.2. The Morgan fingerprint density at radius 1 is 1.05 bits per heavy atom. The SMILES string of the molecule is CCn1cc(C(=O)O)c2cc(-c3cc(C)cc(C)c3)ccc21. The molecule has 0 atom stereocenters. The van der Waals surface area contributed by atoms with Crippen molar-refractivity contribution in [3.05, 3.63) is 59.3 Å². The monoisotopic (exact) mass is 293 g/mol. The molecule has 22 heavy (non-hydrogen) atoms. The van der Waals surface area contributed by atoms with Crippen LogP contribution in [0.3, 0.4) is 0 Å². The standard InChI is InChI=1S/C19H19NO2/c1-4-20-11-17(19(21)22)16-10-14(5-6-18(16)20)15-8-12(2)7-13(3)9-15/h5-11H,4H2,1-3H3,(H,21,22). The van der Waals surface area contributed by atoms with E-state index in [2.05, 4.69) is 38.1 Å². The molecule has 0 saturated heterocycles. The smallest absolute Gasteiger partial charge is 0.337 e. The number of aromatic carboxylic acids is 1. The summed E-state index contributed by atoms with van der Waals surface area (Å²) in [6.45, 7) is 6.92. The maximum atomic E-state index is 11.5. The maximum Gasteiger partial charge on any atom is 0.337 e. The van der Waals surface area contributed by atoms with Crippen molar-refractivity contribution < 1.29 is 9.90 Å². The molecule has 0 unspecified atom stereocenters. The van der Waals surface area contributed by atoms with Crippen LogP contribution in [0.25, 0.3) is 22.0 Å². The minimum atomic E-state index is -0.880. The van der Waals surface area contributed by atoms with E-state index in [0.29, 0.717) is 5.56 Å². The average Bonchev–Trinajstić information content (AvgIpc) is 2.84. The fraction of sp³-hybridized carbons (Fsp3) is 0.211. The minimum absolute atomic E-state index is 0.364. The van der Waals surface area contributed by atoms with Crippen LogP contribution in [0.1, 0.15) is 28.4 Å². The zero-order valence-corrected chi connectivity index (χ0v) is 13.1. The number of carbonyl (C=O) groups is 1. The summed E-state index contributed by atoms with van der Waals surface area (Å²) in [5.74, 6) is -0.880. The van der Waals surface area contributed by atoms with E-state index in [4.69, 9.17) is 0 Å². The quantitative estimate of drug-likeness (QED) is 0.764. The molecular formula is C19H19NO2. The topological polar surface area (TPSA) is 42.2 Å². The number of aryl methyl sites for hydroxylation is 3.